The summed E-state index contributed by atoms with van der Waals surface area (Å²) in [5.41, 5.74) is 23.0. The van der Waals surface area contributed by atoms with Gasteiger partial charge in [0.15, 0.2) is 0 Å². The van der Waals surface area contributed by atoms with Crippen LogP contribution in [0, 0.1) is 0 Å². The van der Waals surface area contributed by atoms with Gasteiger partial charge in [-0.25, -0.2) is 0 Å². The molecule has 8 aromatic rings. The molecule has 0 aliphatic heterocycles. The lowest BCUT2D eigenvalue weighted by Gasteiger charge is -2.32. The fraction of sp³-hybridized carbons (Fsp3) is 0.0690. The Labute approximate surface area is 347 Å². The summed E-state index contributed by atoms with van der Waals surface area (Å²) < 4.78 is 0. The van der Waals surface area contributed by atoms with Crippen LogP contribution in [-0.4, -0.2) is 0 Å². The highest BCUT2D eigenvalue weighted by molar-refractivity contribution is 5.99. The van der Waals surface area contributed by atoms with Crippen molar-refractivity contribution < 1.29 is 0 Å². The molecule has 0 unspecified atom stereocenters. The summed E-state index contributed by atoms with van der Waals surface area (Å²) in [4.78, 5) is 2.42. The second kappa shape index (κ2) is 13.2. The zero-order valence-corrected chi connectivity index (χ0v) is 33.4. The first kappa shape index (κ1) is 35.0. The van der Waals surface area contributed by atoms with E-state index in [9.17, 15) is 0 Å². The van der Waals surface area contributed by atoms with E-state index in [2.05, 4.69) is 220 Å². The Morgan fingerprint density at radius 3 is 1.54 bits per heavy atom. The number of anilines is 3. The molecule has 0 atom stereocenters. The van der Waals surface area contributed by atoms with Crippen LogP contribution < -0.4 is 4.90 Å². The van der Waals surface area contributed by atoms with Crippen LogP contribution in [0.5, 0.6) is 0 Å². The van der Waals surface area contributed by atoms with Gasteiger partial charge < -0.3 is 4.90 Å². The first-order chi connectivity index (χ1) is 28.9. The molecule has 3 aliphatic rings. The molecule has 0 amide bonds. The SMILES string of the molecule is C=CC1=C(C=C)C(C)(C)c2cc(N(c3ccc(-c4ccccc4)cc3)c3cccc(-c4cccc5c4C4(c6ccccc6-c6ccccc64)c4ccccc4-5)c3)ccc21. The number of hydrogen-bond acceptors (Lipinski definition) is 1. The Bertz CT molecular complexity index is 2990. The van der Waals surface area contributed by atoms with Gasteiger partial charge in [-0.15, -0.1) is 0 Å². The van der Waals surface area contributed by atoms with Crippen LogP contribution in [0.15, 0.2) is 219 Å². The molecule has 0 radical (unpaired) electrons. The standard InChI is InChI=1S/C58H43N/c1-5-44-49-35-34-43(37-55(49)57(3,4)51(44)6-2)59(41-32-30-39(31-33-41)38-18-8-7-9-19-38)42-21-16-20-40(36-42)45-25-17-26-50-48-24-12-15-29-54(48)58(56(45)50)52-27-13-10-22-46(52)47-23-11-14-28-53(47)58/h5-37H,1-2H2,3-4H3. The van der Waals surface area contributed by atoms with E-state index in [-0.39, 0.29) is 5.41 Å². The quantitative estimate of drug-likeness (QED) is 0.157. The molecule has 1 nitrogen and oxygen atoms in total. The topological polar surface area (TPSA) is 3.24 Å². The van der Waals surface area contributed by atoms with E-state index >= 15 is 0 Å². The fourth-order valence-electron chi connectivity index (χ4n) is 10.7. The molecule has 0 saturated carbocycles. The van der Waals surface area contributed by atoms with E-state index < -0.39 is 5.41 Å². The maximum atomic E-state index is 4.22. The number of hydrogen-bond donors (Lipinski definition) is 0. The van der Waals surface area contributed by atoms with Crippen molar-refractivity contribution in [2.75, 3.05) is 4.90 Å². The van der Waals surface area contributed by atoms with Crippen molar-refractivity contribution in [2.24, 2.45) is 0 Å². The first-order valence-corrected chi connectivity index (χ1v) is 20.6. The third kappa shape index (κ3) is 4.92. The van der Waals surface area contributed by atoms with Crippen LogP contribution in [-0.2, 0) is 10.8 Å². The van der Waals surface area contributed by atoms with E-state index in [1.807, 2.05) is 12.2 Å². The second-order valence-corrected chi connectivity index (χ2v) is 16.5. The molecule has 0 aromatic heterocycles. The monoisotopic (exact) mass is 753 g/mol. The largest absolute Gasteiger partial charge is 0.310 e. The molecule has 11 rings (SSSR count). The van der Waals surface area contributed by atoms with Gasteiger partial charge >= 0.3 is 0 Å². The van der Waals surface area contributed by atoms with E-state index in [0.717, 1.165) is 22.6 Å². The second-order valence-electron chi connectivity index (χ2n) is 16.5. The zero-order valence-electron chi connectivity index (χ0n) is 33.4. The molecule has 0 saturated heterocycles. The van der Waals surface area contributed by atoms with Gasteiger partial charge in [-0.05, 0) is 125 Å². The molecule has 3 aliphatic carbocycles. The van der Waals surface area contributed by atoms with Gasteiger partial charge in [0.2, 0.25) is 0 Å². The predicted molar refractivity (Wildman–Crippen MR) is 249 cm³/mol. The van der Waals surface area contributed by atoms with Gasteiger partial charge in [0.1, 0.15) is 0 Å². The minimum atomic E-state index is -0.442. The molecule has 0 bridgehead atoms. The van der Waals surface area contributed by atoms with Gasteiger partial charge in [0.05, 0.1) is 5.41 Å². The summed E-state index contributed by atoms with van der Waals surface area (Å²) in [6.45, 7) is 13.0. The van der Waals surface area contributed by atoms with Crippen LogP contribution >= 0.6 is 0 Å². The third-order valence-corrected chi connectivity index (χ3v) is 13.3. The van der Waals surface area contributed by atoms with Crippen molar-refractivity contribution in [3.05, 3.63) is 252 Å². The third-order valence-electron chi connectivity index (χ3n) is 13.3. The summed E-state index contributed by atoms with van der Waals surface area (Å²) >= 11 is 0. The van der Waals surface area contributed by atoms with Crippen LogP contribution in [0.25, 0.3) is 50.1 Å². The molecule has 1 spiro atoms. The Hall–Kier alpha value is -7.22. The van der Waals surface area contributed by atoms with Gasteiger partial charge in [0, 0.05) is 22.5 Å². The lowest BCUT2D eigenvalue weighted by Crippen LogP contribution is -2.26. The molecular formula is C58H43N. The summed E-state index contributed by atoms with van der Waals surface area (Å²) in [5.74, 6) is 0. The average molecular weight is 754 g/mol. The van der Waals surface area contributed by atoms with Gasteiger partial charge in [0.25, 0.3) is 0 Å². The highest BCUT2D eigenvalue weighted by atomic mass is 15.1. The number of nitrogens with zero attached hydrogens (tertiary/aromatic N) is 1. The maximum Gasteiger partial charge on any atom is 0.0731 e. The van der Waals surface area contributed by atoms with Crippen LogP contribution in [0.4, 0.5) is 17.1 Å². The lowest BCUT2D eigenvalue weighted by molar-refractivity contribution is 0.654. The Morgan fingerprint density at radius 1 is 0.390 bits per heavy atom. The molecule has 1 heteroatoms. The summed E-state index contributed by atoms with van der Waals surface area (Å²) in [7, 11) is 0. The van der Waals surface area contributed by atoms with Crippen molar-refractivity contribution in [2.45, 2.75) is 24.7 Å². The van der Waals surface area contributed by atoms with Crippen LogP contribution in [0.3, 0.4) is 0 Å². The van der Waals surface area contributed by atoms with Crippen LogP contribution in [0.2, 0.25) is 0 Å². The van der Waals surface area contributed by atoms with E-state index in [1.165, 1.54) is 83.5 Å². The summed E-state index contributed by atoms with van der Waals surface area (Å²) in [5, 5.41) is 0. The van der Waals surface area contributed by atoms with Crippen molar-refractivity contribution >= 4 is 22.6 Å². The minimum absolute atomic E-state index is 0.219. The van der Waals surface area contributed by atoms with E-state index in [0.29, 0.717) is 0 Å². The molecular weight excluding hydrogens is 711 g/mol. The minimum Gasteiger partial charge on any atom is -0.310 e. The smallest absolute Gasteiger partial charge is 0.0731 e. The summed E-state index contributed by atoms with van der Waals surface area (Å²) in [6.07, 6.45) is 3.99. The van der Waals surface area contributed by atoms with Gasteiger partial charge in [-0.1, -0.05) is 191 Å². The Morgan fingerprint density at radius 2 is 0.898 bits per heavy atom. The number of allylic oxidation sites excluding steroid dienone is 4. The van der Waals surface area contributed by atoms with Crippen molar-refractivity contribution in [3.63, 3.8) is 0 Å². The molecule has 59 heavy (non-hydrogen) atoms. The highest BCUT2D eigenvalue weighted by Crippen LogP contribution is 2.64. The number of rotatable bonds is 7. The fourth-order valence-corrected chi connectivity index (χ4v) is 10.7. The van der Waals surface area contributed by atoms with Gasteiger partial charge in [-0.3, -0.25) is 0 Å². The average Bonchev–Trinajstić information content (AvgIpc) is 3.85. The molecule has 0 fully saturated rings. The highest BCUT2D eigenvalue weighted by Gasteiger charge is 2.52. The normalized spacial score (nSPS) is 14.6. The maximum absolute atomic E-state index is 4.22. The first-order valence-electron chi connectivity index (χ1n) is 20.6. The molecule has 280 valence electrons. The predicted octanol–water partition coefficient (Wildman–Crippen LogP) is 15.3. The van der Waals surface area contributed by atoms with E-state index in [1.54, 1.807) is 0 Å². The van der Waals surface area contributed by atoms with Crippen LogP contribution in [0.1, 0.15) is 47.2 Å². The van der Waals surface area contributed by atoms with Crippen molar-refractivity contribution in [3.8, 4) is 44.5 Å². The molecule has 0 heterocycles. The zero-order chi connectivity index (χ0) is 39.9. The van der Waals surface area contributed by atoms with Crippen molar-refractivity contribution in [1.29, 1.82) is 0 Å². The molecule has 0 N–H and O–H groups in total. The van der Waals surface area contributed by atoms with Gasteiger partial charge in [-0.2, -0.15) is 0 Å². The Kier molecular flexibility index (Phi) is 7.80. The Balaban J connectivity index is 1.12. The summed E-state index contributed by atoms with van der Waals surface area (Å²) in [6, 6.07) is 69.8. The lowest BCUT2D eigenvalue weighted by atomic mass is 9.68. The van der Waals surface area contributed by atoms with Crippen molar-refractivity contribution in [1.82, 2.24) is 0 Å². The number of fused-ring (bicyclic) bond motifs is 11. The van der Waals surface area contributed by atoms with E-state index in [4.69, 9.17) is 0 Å². The molecule has 8 aromatic carbocycles. The number of benzene rings is 8.